The zero-order chi connectivity index (χ0) is 8.23. The second-order valence-corrected chi connectivity index (χ2v) is 3.55. The van der Waals surface area contributed by atoms with E-state index in [1.54, 1.807) is 0 Å². The van der Waals surface area contributed by atoms with Gasteiger partial charge in [0.05, 0.1) is 0 Å². The van der Waals surface area contributed by atoms with Crippen molar-refractivity contribution in [2.24, 2.45) is 0 Å². The lowest BCUT2D eigenvalue weighted by Gasteiger charge is -2.24. The van der Waals surface area contributed by atoms with Crippen molar-refractivity contribution in [2.45, 2.75) is 38.1 Å². The molecule has 0 spiro atoms. The smallest absolute Gasteiger partial charge is 0.0424 e. The SMILES string of the molecule is c1ccn(NC2CCCCC2)c1. The molecule has 0 aromatic carbocycles. The lowest BCUT2D eigenvalue weighted by Crippen LogP contribution is -2.28. The largest absolute Gasteiger partial charge is 0.323 e. The van der Waals surface area contributed by atoms with Gasteiger partial charge < -0.3 is 5.43 Å². The molecule has 1 aliphatic carbocycles. The Morgan fingerprint density at radius 2 is 1.67 bits per heavy atom. The zero-order valence-electron chi connectivity index (χ0n) is 7.37. The molecule has 0 bridgehead atoms. The average Bonchev–Trinajstić information content (AvgIpc) is 2.59. The normalized spacial score (nSPS) is 19.3. The Hall–Kier alpha value is -0.920. The molecule has 0 amide bonds. The molecular formula is C10H16N2. The first-order chi connectivity index (χ1) is 5.95. The van der Waals surface area contributed by atoms with Gasteiger partial charge >= 0.3 is 0 Å². The van der Waals surface area contributed by atoms with Crippen molar-refractivity contribution < 1.29 is 0 Å². The van der Waals surface area contributed by atoms with E-state index in [9.17, 15) is 0 Å². The first-order valence-corrected chi connectivity index (χ1v) is 4.85. The first-order valence-electron chi connectivity index (χ1n) is 4.85. The highest BCUT2D eigenvalue weighted by Crippen LogP contribution is 2.17. The van der Waals surface area contributed by atoms with Crippen LogP contribution in [0.25, 0.3) is 0 Å². The molecule has 1 saturated carbocycles. The highest BCUT2D eigenvalue weighted by atomic mass is 15.4. The average molecular weight is 164 g/mol. The Bertz CT molecular complexity index is 210. The van der Waals surface area contributed by atoms with Crippen LogP contribution in [0.1, 0.15) is 32.1 Å². The van der Waals surface area contributed by atoms with Gasteiger partial charge in [-0.25, -0.2) is 0 Å². The van der Waals surface area contributed by atoms with Crippen molar-refractivity contribution in [1.82, 2.24) is 4.68 Å². The Balaban J connectivity index is 1.86. The summed E-state index contributed by atoms with van der Waals surface area (Å²) in [4.78, 5) is 0. The van der Waals surface area contributed by atoms with Crippen LogP contribution in [-0.4, -0.2) is 10.7 Å². The number of nitrogens with zero attached hydrogens (tertiary/aromatic N) is 1. The summed E-state index contributed by atoms with van der Waals surface area (Å²) in [5.41, 5.74) is 3.48. The van der Waals surface area contributed by atoms with Crippen LogP contribution in [0.4, 0.5) is 0 Å². The standard InChI is InChI=1S/C10H16N2/c1-2-6-10(7-3-1)11-12-8-4-5-9-12/h4-5,8-11H,1-3,6-7H2. The maximum Gasteiger partial charge on any atom is 0.0424 e. The van der Waals surface area contributed by atoms with Gasteiger partial charge in [0.15, 0.2) is 0 Å². The van der Waals surface area contributed by atoms with E-state index < -0.39 is 0 Å². The highest BCUT2D eigenvalue weighted by Gasteiger charge is 2.11. The molecule has 0 unspecified atom stereocenters. The van der Waals surface area contributed by atoms with Gasteiger partial charge in [-0.15, -0.1) is 0 Å². The molecule has 1 N–H and O–H groups in total. The third-order valence-electron chi connectivity index (χ3n) is 2.54. The fourth-order valence-electron chi connectivity index (χ4n) is 1.86. The molecule has 0 aliphatic heterocycles. The van der Waals surface area contributed by atoms with Crippen molar-refractivity contribution in [3.63, 3.8) is 0 Å². The van der Waals surface area contributed by atoms with Crippen molar-refractivity contribution in [2.75, 3.05) is 5.43 Å². The Morgan fingerprint density at radius 1 is 1.00 bits per heavy atom. The highest BCUT2D eigenvalue weighted by molar-refractivity contribution is 4.95. The fourth-order valence-corrected chi connectivity index (χ4v) is 1.86. The van der Waals surface area contributed by atoms with Crippen molar-refractivity contribution in [3.8, 4) is 0 Å². The Labute approximate surface area is 73.6 Å². The van der Waals surface area contributed by atoms with Gasteiger partial charge in [0, 0.05) is 18.4 Å². The molecular weight excluding hydrogens is 148 g/mol. The van der Waals surface area contributed by atoms with Gasteiger partial charge in [-0.1, -0.05) is 19.3 Å². The summed E-state index contributed by atoms with van der Waals surface area (Å²) in [6, 6.07) is 4.80. The summed E-state index contributed by atoms with van der Waals surface area (Å²) < 4.78 is 2.07. The summed E-state index contributed by atoms with van der Waals surface area (Å²) in [5, 5.41) is 0. The summed E-state index contributed by atoms with van der Waals surface area (Å²) in [6.45, 7) is 0. The number of nitrogens with one attached hydrogen (secondary N) is 1. The Kier molecular flexibility index (Phi) is 2.35. The fraction of sp³-hybridized carbons (Fsp3) is 0.600. The van der Waals surface area contributed by atoms with Crippen molar-refractivity contribution in [1.29, 1.82) is 0 Å². The maximum absolute atomic E-state index is 3.48. The van der Waals surface area contributed by atoms with E-state index in [0.29, 0.717) is 6.04 Å². The van der Waals surface area contributed by atoms with E-state index in [2.05, 4.69) is 34.6 Å². The van der Waals surface area contributed by atoms with Gasteiger partial charge in [0.1, 0.15) is 0 Å². The van der Waals surface area contributed by atoms with E-state index in [4.69, 9.17) is 0 Å². The lowest BCUT2D eigenvalue weighted by molar-refractivity contribution is 0.438. The van der Waals surface area contributed by atoms with E-state index in [1.807, 2.05) is 0 Å². The van der Waals surface area contributed by atoms with Gasteiger partial charge in [-0.2, -0.15) is 0 Å². The molecule has 1 aromatic heterocycles. The maximum atomic E-state index is 3.48. The van der Waals surface area contributed by atoms with E-state index in [1.165, 1.54) is 32.1 Å². The molecule has 1 fully saturated rings. The van der Waals surface area contributed by atoms with Gasteiger partial charge in [0.2, 0.25) is 0 Å². The van der Waals surface area contributed by atoms with Gasteiger partial charge in [0.25, 0.3) is 0 Å². The van der Waals surface area contributed by atoms with Crippen LogP contribution < -0.4 is 5.43 Å². The summed E-state index contributed by atoms with van der Waals surface area (Å²) in [7, 11) is 0. The third-order valence-corrected chi connectivity index (χ3v) is 2.54. The Morgan fingerprint density at radius 3 is 2.33 bits per heavy atom. The predicted molar refractivity (Wildman–Crippen MR) is 50.7 cm³/mol. The quantitative estimate of drug-likeness (QED) is 0.710. The van der Waals surface area contributed by atoms with Crippen LogP contribution in [-0.2, 0) is 0 Å². The van der Waals surface area contributed by atoms with Crippen LogP contribution in [0.5, 0.6) is 0 Å². The van der Waals surface area contributed by atoms with Crippen LogP contribution in [0, 0.1) is 0 Å². The topological polar surface area (TPSA) is 17.0 Å². The summed E-state index contributed by atoms with van der Waals surface area (Å²) in [5.74, 6) is 0. The minimum absolute atomic E-state index is 0.700. The molecule has 2 heteroatoms. The number of rotatable bonds is 2. The van der Waals surface area contributed by atoms with Gasteiger partial charge in [-0.05, 0) is 25.0 Å². The zero-order valence-corrected chi connectivity index (χ0v) is 7.37. The van der Waals surface area contributed by atoms with Crippen LogP contribution in [0.2, 0.25) is 0 Å². The third kappa shape index (κ3) is 1.81. The van der Waals surface area contributed by atoms with Crippen molar-refractivity contribution in [3.05, 3.63) is 24.5 Å². The summed E-state index contributed by atoms with van der Waals surface area (Å²) in [6.07, 6.45) is 11.0. The molecule has 1 aliphatic rings. The molecule has 2 nitrogen and oxygen atoms in total. The van der Waals surface area contributed by atoms with Crippen LogP contribution >= 0.6 is 0 Å². The predicted octanol–water partition coefficient (Wildman–Crippen LogP) is 2.36. The molecule has 0 saturated heterocycles. The molecule has 1 heterocycles. The first kappa shape index (κ1) is 7.71. The number of hydrogen-bond acceptors (Lipinski definition) is 1. The van der Waals surface area contributed by atoms with Gasteiger partial charge in [-0.3, -0.25) is 4.68 Å². The van der Waals surface area contributed by atoms with E-state index in [-0.39, 0.29) is 0 Å². The molecule has 2 rings (SSSR count). The minimum Gasteiger partial charge on any atom is -0.323 e. The lowest BCUT2D eigenvalue weighted by atomic mass is 9.96. The second-order valence-electron chi connectivity index (χ2n) is 3.55. The molecule has 0 atom stereocenters. The van der Waals surface area contributed by atoms with Crippen molar-refractivity contribution >= 4 is 0 Å². The minimum atomic E-state index is 0.700. The molecule has 66 valence electrons. The summed E-state index contributed by atoms with van der Waals surface area (Å²) >= 11 is 0. The monoisotopic (exact) mass is 164 g/mol. The van der Waals surface area contributed by atoms with Crippen LogP contribution in [0.15, 0.2) is 24.5 Å². The van der Waals surface area contributed by atoms with E-state index in [0.717, 1.165) is 0 Å². The second kappa shape index (κ2) is 3.65. The number of aromatic nitrogens is 1. The molecule has 0 radical (unpaired) electrons. The van der Waals surface area contributed by atoms with Crippen LogP contribution in [0.3, 0.4) is 0 Å². The molecule has 12 heavy (non-hydrogen) atoms. The molecule has 1 aromatic rings. The van der Waals surface area contributed by atoms with E-state index >= 15 is 0 Å². The number of hydrogen-bond donors (Lipinski definition) is 1.